The van der Waals surface area contributed by atoms with Gasteiger partial charge in [-0.05, 0) is 54.9 Å². The molecule has 0 aliphatic carbocycles. The average molecular weight is 312 g/mol. The Bertz CT molecular complexity index is 542. The summed E-state index contributed by atoms with van der Waals surface area (Å²) >= 11 is 3.53. The Balaban J connectivity index is 2.51. The van der Waals surface area contributed by atoms with Crippen molar-refractivity contribution in [3.63, 3.8) is 0 Å². The number of furan rings is 2. The van der Waals surface area contributed by atoms with Gasteiger partial charge in [0.05, 0.1) is 16.8 Å². The van der Waals surface area contributed by atoms with Crippen LogP contribution in [0.3, 0.4) is 0 Å². The second-order valence-corrected chi connectivity index (χ2v) is 5.23. The standard InChI is InChI=1S/C14H18BrNO2/c1-5-16-13(14-11(15)6-7-17-14)12-8(2)9(3)18-10(12)4/h6-7,13,16H,5H2,1-4H3. The number of hydrogen-bond acceptors (Lipinski definition) is 3. The third kappa shape index (κ3) is 2.27. The van der Waals surface area contributed by atoms with Crippen LogP contribution in [0.2, 0.25) is 0 Å². The van der Waals surface area contributed by atoms with Crippen LogP contribution in [0.25, 0.3) is 0 Å². The second kappa shape index (κ2) is 5.33. The lowest BCUT2D eigenvalue weighted by Gasteiger charge is -2.17. The molecule has 1 unspecified atom stereocenters. The molecule has 98 valence electrons. The van der Waals surface area contributed by atoms with E-state index in [2.05, 4.69) is 35.1 Å². The molecule has 2 aromatic rings. The third-order valence-electron chi connectivity index (χ3n) is 3.22. The zero-order valence-corrected chi connectivity index (χ0v) is 12.7. The van der Waals surface area contributed by atoms with Crippen molar-refractivity contribution in [2.45, 2.75) is 33.7 Å². The minimum atomic E-state index is 0.0248. The van der Waals surface area contributed by atoms with Crippen molar-refractivity contribution in [3.05, 3.63) is 45.2 Å². The van der Waals surface area contributed by atoms with Crippen LogP contribution in [0.1, 0.15) is 41.4 Å². The van der Waals surface area contributed by atoms with Gasteiger partial charge in [0, 0.05) is 5.56 Å². The number of hydrogen-bond donors (Lipinski definition) is 1. The smallest absolute Gasteiger partial charge is 0.139 e. The molecule has 0 saturated carbocycles. The van der Waals surface area contributed by atoms with Crippen molar-refractivity contribution in [1.82, 2.24) is 5.32 Å². The summed E-state index contributed by atoms with van der Waals surface area (Å²) in [6, 6.07) is 1.94. The zero-order valence-electron chi connectivity index (χ0n) is 11.1. The molecule has 0 amide bonds. The maximum atomic E-state index is 5.71. The molecule has 2 rings (SSSR count). The normalized spacial score (nSPS) is 12.9. The Kier molecular flexibility index (Phi) is 3.97. The molecule has 0 spiro atoms. The lowest BCUT2D eigenvalue weighted by molar-refractivity contribution is 0.440. The van der Waals surface area contributed by atoms with Gasteiger partial charge in [0.25, 0.3) is 0 Å². The summed E-state index contributed by atoms with van der Waals surface area (Å²) in [4.78, 5) is 0. The van der Waals surface area contributed by atoms with Gasteiger partial charge in [-0.25, -0.2) is 0 Å². The summed E-state index contributed by atoms with van der Waals surface area (Å²) < 4.78 is 12.3. The Hall–Kier alpha value is -1.00. The quantitative estimate of drug-likeness (QED) is 0.917. The van der Waals surface area contributed by atoms with E-state index < -0.39 is 0 Å². The SMILES string of the molecule is CCNC(c1occc1Br)c1c(C)oc(C)c1C. The number of halogens is 1. The molecular weight excluding hydrogens is 294 g/mol. The molecular formula is C14H18BrNO2. The molecule has 2 aromatic heterocycles. The van der Waals surface area contributed by atoms with Crippen molar-refractivity contribution in [1.29, 1.82) is 0 Å². The molecule has 0 aliphatic heterocycles. The first-order chi connectivity index (χ1) is 8.56. The highest BCUT2D eigenvalue weighted by Gasteiger charge is 2.25. The maximum absolute atomic E-state index is 5.71. The van der Waals surface area contributed by atoms with Crippen molar-refractivity contribution < 1.29 is 8.83 Å². The molecule has 0 aromatic carbocycles. The lowest BCUT2D eigenvalue weighted by Crippen LogP contribution is -2.22. The summed E-state index contributed by atoms with van der Waals surface area (Å²) in [5, 5.41) is 3.45. The molecule has 1 N–H and O–H groups in total. The van der Waals surface area contributed by atoms with E-state index in [1.165, 1.54) is 11.1 Å². The van der Waals surface area contributed by atoms with Crippen molar-refractivity contribution in [2.75, 3.05) is 6.54 Å². The van der Waals surface area contributed by atoms with E-state index in [4.69, 9.17) is 8.83 Å². The first kappa shape index (κ1) is 13.4. The molecule has 18 heavy (non-hydrogen) atoms. The molecule has 0 bridgehead atoms. The molecule has 3 nitrogen and oxygen atoms in total. The Labute approximate surface area is 116 Å². The minimum absolute atomic E-state index is 0.0248. The van der Waals surface area contributed by atoms with E-state index in [0.29, 0.717) is 0 Å². The van der Waals surface area contributed by atoms with E-state index in [0.717, 1.165) is 28.3 Å². The summed E-state index contributed by atoms with van der Waals surface area (Å²) in [5.74, 6) is 2.80. The lowest BCUT2D eigenvalue weighted by atomic mass is 10.00. The Morgan fingerprint density at radius 3 is 2.44 bits per heavy atom. The fourth-order valence-electron chi connectivity index (χ4n) is 2.28. The Morgan fingerprint density at radius 1 is 1.28 bits per heavy atom. The van der Waals surface area contributed by atoms with Gasteiger partial charge in [0.2, 0.25) is 0 Å². The van der Waals surface area contributed by atoms with Gasteiger partial charge in [-0.15, -0.1) is 0 Å². The zero-order chi connectivity index (χ0) is 13.3. The van der Waals surface area contributed by atoms with Gasteiger partial charge in [-0.2, -0.15) is 0 Å². The van der Waals surface area contributed by atoms with Crippen LogP contribution in [0.5, 0.6) is 0 Å². The van der Waals surface area contributed by atoms with E-state index in [1.54, 1.807) is 6.26 Å². The number of rotatable bonds is 4. The van der Waals surface area contributed by atoms with E-state index >= 15 is 0 Å². The summed E-state index contributed by atoms with van der Waals surface area (Å²) in [5.41, 5.74) is 2.35. The largest absolute Gasteiger partial charge is 0.466 e. The van der Waals surface area contributed by atoms with Crippen LogP contribution in [0.15, 0.2) is 25.6 Å². The molecule has 0 radical (unpaired) electrons. The van der Waals surface area contributed by atoms with Crippen LogP contribution in [-0.4, -0.2) is 6.54 Å². The van der Waals surface area contributed by atoms with E-state index in [9.17, 15) is 0 Å². The first-order valence-electron chi connectivity index (χ1n) is 6.09. The highest BCUT2D eigenvalue weighted by Crippen LogP contribution is 2.35. The summed E-state index contributed by atoms with van der Waals surface area (Å²) in [7, 11) is 0. The van der Waals surface area contributed by atoms with Crippen LogP contribution in [0, 0.1) is 20.8 Å². The first-order valence-corrected chi connectivity index (χ1v) is 6.88. The topological polar surface area (TPSA) is 38.3 Å². The summed E-state index contributed by atoms with van der Waals surface area (Å²) in [6.07, 6.45) is 1.70. The van der Waals surface area contributed by atoms with Crippen molar-refractivity contribution in [2.24, 2.45) is 0 Å². The van der Waals surface area contributed by atoms with Crippen LogP contribution in [-0.2, 0) is 0 Å². The van der Waals surface area contributed by atoms with E-state index in [-0.39, 0.29) is 6.04 Å². The average Bonchev–Trinajstić information content (AvgIpc) is 2.83. The van der Waals surface area contributed by atoms with Gasteiger partial charge in [0.15, 0.2) is 0 Å². The predicted octanol–water partition coefficient (Wildman–Crippen LogP) is 4.26. The molecule has 0 aliphatic rings. The molecule has 4 heteroatoms. The minimum Gasteiger partial charge on any atom is -0.466 e. The van der Waals surface area contributed by atoms with Crippen LogP contribution >= 0.6 is 15.9 Å². The van der Waals surface area contributed by atoms with E-state index in [1.807, 2.05) is 19.9 Å². The second-order valence-electron chi connectivity index (χ2n) is 4.38. The fraction of sp³-hybridized carbons (Fsp3) is 0.429. The molecule has 2 heterocycles. The van der Waals surface area contributed by atoms with Gasteiger partial charge in [-0.1, -0.05) is 6.92 Å². The highest BCUT2D eigenvalue weighted by atomic mass is 79.9. The Morgan fingerprint density at radius 2 is 2.00 bits per heavy atom. The van der Waals surface area contributed by atoms with Crippen molar-refractivity contribution in [3.8, 4) is 0 Å². The van der Waals surface area contributed by atoms with Gasteiger partial charge in [-0.3, -0.25) is 0 Å². The van der Waals surface area contributed by atoms with Crippen LogP contribution < -0.4 is 5.32 Å². The number of nitrogens with one attached hydrogen (secondary N) is 1. The maximum Gasteiger partial charge on any atom is 0.139 e. The third-order valence-corrected chi connectivity index (χ3v) is 3.88. The van der Waals surface area contributed by atoms with Gasteiger partial charge < -0.3 is 14.2 Å². The fourth-order valence-corrected chi connectivity index (χ4v) is 2.71. The molecule has 0 saturated heterocycles. The summed E-state index contributed by atoms with van der Waals surface area (Å²) in [6.45, 7) is 9.02. The highest BCUT2D eigenvalue weighted by molar-refractivity contribution is 9.10. The predicted molar refractivity (Wildman–Crippen MR) is 74.8 cm³/mol. The van der Waals surface area contributed by atoms with Gasteiger partial charge >= 0.3 is 0 Å². The molecule has 1 atom stereocenters. The molecule has 0 fully saturated rings. The van der Waals surface area contributed by atoms with Crippen molar-refractivity contribution >= 4 is 15.9 Å². The van der Waals surface area contributed by atoms with Gasteiger partial charge in [0.1, 0.15) is 17.3 Å². The monoisotopic (exact) mass is 311 g/mol. The number of aryl methyl sites for hydroxylation is 2. The van der Waals surface area contributed by atoms with Crippen LogP contribution in [0.4, 0.5) is 0 Å².